The Morgan fingerprint density at radius 2 is 1.42 bits per heavy atom. The third kappa shape index (κ3) is 2.15. The molecule has 3 heterocycles. The molecule has 0 bridgehead atoms. The SMILES string of the molecule is Cn1c2ccccc2c2c3c(c4c5ccccc5n(CCC(N)=O)c4c21)C(=O)NC3=O. The highest BCUT2D eigenvalue weighted by molar-refractivity contribution is 6.39. The van der Waals surface area contributed by atoms with Gasteiger partial charge in [0.05, 0.1) is 22.2 Å². The Hall–Kier alpha value is -4.13. The topological polar surface area (TPSA) is 99.1 Å². The first kappa shape index (κ1) is 17.7. The van der Waals surface area contributed by atoms with Crippen molar-refractivity contribution in [3.8, 4) is 0 Å². The molecule has 0 spiro atoms. The number of fused-ring (bicyclic) bond motifs is 10. The minimum Gasteiger partial charge on any atom is -0.370 e. The number of carbonyl (C=O) groups is 3. The number of imide groups is 1. The molecule has 31 heavy (non-hydrogen) atoms. The molecule has 152 valence electrons. The number of rotatable bonds is 3. The predicted molar refractivity (Wildman–Crippen MR) is 119 cm³/mol. The molecule has 0 saturated carbocycles. The summed E-state index contributed by atoms with van der Waals surface area (Å²) in [5, 5.41) is 5.77. The molecule has 0 aliphatic carbocycles. The van der Waals surface area contributed by atoms with Crippen molar-refractivity contribution in [3.63, 3.8) is 0 Å². The van der Waals surface area contributed by atoms with Crippen molar-refractivity contribution in [1.29, 1.82) is 0 Å². The fourth-order valence-electron chi connectivity index (χ4n) is 5.11. The first-order valence-corrected chi connectivity index (χ1v) is 10.1. The Labute approximate surface area is 176 Å². The highest BCUT2D eigenvalue weighted by Gasteiger charge is 2.36. The molecular formula is C24H18N4O3. The van der Waals surface area contributed by atoms with Crippen molar-refractivity contribution in [2.75, 3.05) is 0 Å². The van der Waals surface area contributed by atoms with E-state index in [0.29, 0.717) is 17.7 Å². The number of carbonyl (C=O) groups excluding carboxylic acids is 3. The number of nitrogens with two attached hydrogens (primary N) is 1. The molecule has 3 aromatic carbocycles. The second kappa shape index (κ2) is 5.95. The highest BCUT2D eigenvalue weighted by Crippen LogP contribution is 2.44. The van der Waals surface area contributed by atoms with Gasteiger partial charge in [-0.05, 0) is 12.1 Å². The Morgan fingerprint density at radius 3 is 2.06 bits per heavy atom. The summed E-state index contributed by atoms with van der Waals surface area (Å²) >= 11 is 0. The van der Waals surface area contributed by atoms with Crippen molar-refractivity contribution >= 4 is 61.3 Å². The average molecular weight is 410 g/mol. The van der Waals surface area contributed by atoms with Gasteiger partial charge in [0.2, 0.25) is 5.91 Å². The van der Waals surface area contributed by atoms with Gasteiger partial charge < -0.3 is 14.9 Å². The Bertz CT molecular complexity index is 1640. The van der Waals surface area contributed by atoms with Crippen molar-refractivity contribution in [3.05, 3.63) is 59.7 Å². The van der Waals surface area contributed by atoms with E-state index in [-0.39, 0.29) is 12.3 Å². The monoisotopic (exact) mass is 410 g/mol. The lowest BCUT2D eigenvalue weighted by molar-refractivity contribution is -0.118. The molecule has 0 atom stereocenters. The van der Waals surface area contributed by atoms with Crippen LogP contribution in [0.25, 0.3) is 43.6 Å². The van der Waals surface area contributed by atoms with Crippen LogP contribution >= 0.6 is 0 Å². The zero-order chi connectivity index (χ0) is 21.4. The van der Waals surface area contributed by atoms with Gasteiger partial charge in [-0.15, -0.1) is 0 Å². The van der Waals surface area contributed by atoms with Crippen LogP contribution in [0.4, 0.5) is 0 Å². The van der Waals surface area contributed by atoms with Gasteiger partial charge >= 0.3 is 0 Å². The summed E-state index contributed by atoms with van der Waals surface area (Å²) < 4.78 is 4.11. The fraction of sp³-hybridized carbons (Fsp3) is 0.125. The third-order valence-corrected chi connectivity index (χ3v) is 6.32. The summed E-state index contributed by atoms with van der Waals surface area (Å²) in [6, 6.07) is 15.6. The standard InChI is InChI=1S/C24H18N4O3/c1-27-14-8-4-2-6-12(14)17-19-20(24(31)26-23(19)30)18-13-7-3-5-9-15(13)28(11-10-16(25)29)22(18)21(17)27/h2-9H,10-11H2,1H3,(H2,25,29)(H,26,30,31). The van der Waals surface area contributed by atoms with Crippen molar-refractivity contribution in [2.24, 2.45) is 12.8 Å². The molecule has 6 rings (SSSR count). The van der Waals surface area contributed by atoms with E-state index in [4.69, 9.17) is 5.73 Å². The fourth-order valence-corrected chi connectivity index (χ4v) is 5.11. The van der Waals surface area contributed by atoms with E-state index in [1.807, 2.05) is 60.1 Å². The molecule has 1 aliphatic rings. The molecule has 7 heteroatoms. The Kier molecular flexibility index (Phi) is 3.40. The zero-order valence-electron chi connectivity index (χ0n) is 16.7. The summed E-state index contributed by atoms with van der Waals surface area (Å²) in [5.41, 5.74) is 9.84. The number of aryl methyl sites for hydroxylation is 2. The van der Waals surface area contributed by atoms with Crippen LogP contribution in [0.2, 0.25) is 0 Å². The normalized spacial score (nSPS) is 13.6. The number of nitrogens with zero attached hydrogens (tertiary/aromatic N) is 2. The predicted octanol–water partition coefficient (Wildman–Crippen LogP) is 3.20. The molecule has 7 nitrogen and oxygen atoms in total. The molecule has 3 amide bonds. The van der Waals surface area contributed by atoms with E-state index in [9.17, 15) is 14.4 Å². The summed E-state index contributed by atoms with van der Waals surface area (Å²) in [7, 11) is 1.96. The quantitative estimate of drug-likeness (QED) is 0.447. The smallest absolute Gasteiger partial charge is 0.259 e. The van der Waals surface area contributed by atoms with E-state index >= 15 is 0 Å². The molecule has 1 aliphatic heterocycles. The van der Waals surface area contributed by atoms with E-state index in [1.165, 1.54) is 0 Å². The number of aromatic nitrogens is 2. The first-order chi connectivity index (χ1) is 15.0. The number of amides is 3. The number of hydrogen-bond donors (Lipinski definition) is 2. The Balaban J connectivity index is 1.96. The molecule has 2 aromatic heterocycles. The van der Waals surface area contributed by atoms with Crippen LogP contribution in [0.3, 0.4) is 0 Å². The van der Waals surface area contributed by atoms with E-state index in [0.717, 1.165) is 43.6 Å². The average Bonchev–Trinajstić information content (AvgIpc) is 3.35. The summed E-state index contributed by atoms with van der Waals surface area (Å²) in [6.45, 7) is 0.379. The maximum atomic E-state index is 13.0. The molecule has 0 unspecified atom stereocenters. The van der Waals surface area contributed by atoms with Gasteiger partial charge in [-0.2, -0.15) is 0 Å². The van der Waals surface area contributed by atoms with Gasteiger partial charge in [-0.1, -0.05) is 36.4 Å². The van der Waals surface area contributed by atoms with Gasteiger partial charge in [0.1, 0.15) is 0 Å². The van der Waals surface area contributed by atoms with Crippen molar-refractivity contribution < 1.29 is 14.4 Å². The second-order valence-corrected chi connectivity index (χ2v) is 7.94. The number of para-hydroxylation sites is 2. The number of hydrogen-bond acceptors (Lipinski definition) is 3. The molecule has 5 aromatic rings. The number of nitrogens with one attached hydrogen (secondary N) is 1. The van der Waals surface area contributed by atoms with Crippen molar-refractivity contribution in [1.82, 2.24) is 14.5 Å². The minimum atomic E-state index is -0.395. The molecule has 0 fully saturated rings. The van der Waals surface area contributed by atoms with Crippen molar-refractivity contribution in [2.45, 2.75) is 13.0 Å². The lowest BCUT2D eigenvalue weighted by Crippen LogP contribution is -2.20. The van der Waals surface area contributed by atoms with Gasteiger partial charge in [0, 0.05) is 52.6 Å². The first-order valence-electron chi connectivity index (χ1n) is 10.1. The van der Waals surface area contributed by atoms with E-state index < -0.39 is 11.8 Å². The molecule has 3 N–H and O–H groups in total. The Morgan fingerprint density at radius 1 is 0.871 bits per heavy atom. The molecule has 0 saturated heterocycles. The maximum absolute atomic E-state index is 13.0. The lowest BCUT2D eigenvalue weighted by Gasteiger charge is -2.10. The summed E-state index contributed by atoms with van der Waals surface area (Å²) in [5.74, 6) is -1.16. The highest BCUT2D eigenvalue weighted by atomic mass is 16.2. The van der Waals surface area contributed by atoms with E-state index in [2.05, 4.69) is 9.88 Å². The minimum absolute atomic E-state index is 0.168. The van der Waals surface area contributed by atoms with Crippen LogP contribution < -0.4 is 11.1 Å². The number of benzene rings is 3. The molecule has 0 radical (unpaired) electrons. The van der Waals surface area contributed by atoms with Crippen LogP contribution in [0.1, 0.15) is 27.1 Å². The van der Waals surface area contributed by atoms with E-state index in [1.54, 1.807) is 0 Å². The van der Waals surface area contributed by atoms with Gasteiger partial charge in [-0.25, -0.2) is 0 Å². The van der Waals surface area contributed by atoms with Gasteiger partial charge in [0.25, 0.3) is 11.8 Å². The largest absolute Gasteiger partial charge is 0.370 e. The summed E-state index contributed by atoms with van der Waals surface area (Å²) in [4.78, 5) is 37.5. The van der Waals surface area contributed by atoms with Gasteiger partial charge in [0.15, 0.2) is 0 Å². The van der Waals surface area contributed by atoms with Crippen LogP contribution in [0.15, 0.2) is 48.5 Å². The van der Waals surface area contributed by atoms with Crippen LogP contribution in [-0.4, -0.2) is 26.9 Å². The van der Waals surface area contributed by atoms with Gasteiger partial charge in [-0.3, -0.25) is 19.7 Å². The zero-order valence-corrected chi connectivity index (χ0v) is 16.7. The number of primary amides is 1. The molecular weight excluding hydrogens is 392 g/mol. The third-order valence-electron chi connectivity index (χ3n) is 6.32. The van der Waals surface area contributed by atoms with Crippen LogP contribution in [-0.2, 0) is 18.4 Å². The lowest BCUT2D eigenvalue weighted by atomic mass is 9.96. The maximum Gasteiger partial charge on any atom is 0.259 e. The summed E-state index contributed by atoms with van der Waals surface area (Å²) in [6.07, 6.45) is 0.168. The second-order valence-electron chi connectivity index (χ2n) is 7.94. The van der Waals surface area contributed by atoms with Crippen LogP contribution in [0.5, 0.6) is 0 Å². The van der Waals surface area contributed by atoms with Crippen LogP contribution in [0, 0.1) is 0 Å².